The van der Waals surface area contributed by atoms with E-state index < -0.39 is 20.9 Å². The molecule has 1 aromatic heterocycles. The Morgan fingerprint density at radius 1 is 1.22 bits per heavy atom. The Morgan fingerprint density at radius 3 is 2.49 bits per heavy atom. The number of carbonyl (C=O) groups excluding carboxylic acids is 1. The summed E-state index contributed by atoms with van der Waals surface area (Å²) in [4.78, 5) is 23.3. The predicted molar refractivity (Wildman–Crippen MR) is 137 cm³/mol. The summed E-state index contributed by atoms with van der Waals surface area (Å²) < 4.78 is 36.3. The third-order valence-electron chi connectivity index (χ3n) is 6.09. The lowest BCUT2D eigenvalue weighted by molar-refractivity contribution is -0.385. The molecule has 1 atom stereocenters. The lowest BCUT2D eigenvalue weighted by atomic mass is 10.2. The zero-order valence-electron chi connectivity index (χ0n) is 21.0. The molecule has 1 aliphatic carbocycles. The predicted octanol–water partition coefficient (Wildman–Crippen LogP) is 4.16. The molecule has 2 aromatic carbocycles. The van der Waals surface area contributed by atoms with Crippen LogP contribution >= 0.6 is 0 Å². The maximum absolute atomic E-state index is 13.1. The number of nitro groups is 1. The van der Waals surface area contributed by atoms with Gasteiger partial charge in [-0.05, 0) is 58.2 Å². The van der Waals surface area contributed by atoms with Crippen LogP contribution in [-0.2, 0) is 10.0 Å². The zero-order chi connectivity index (χ0) is 26.9. The molecule has 1 unspecified atom stereocenters. The molecule has 0 aliphatic heterocycles. The van der Waals surface area contributed by atoms with Crippen LogP contribution in [0.5, 0.6) is 11.6 Å². The number of nitro benzene ring substituents is 1. The zero-order valence-corrected chi connectivity index (χ0v) is 21.8. The second-order valence-electron chi connectivity index (χ2n) is 9.19. The van der Waals surface area contributed by atoms with Gasteiger partial charge >= 0.3 is 0 Å². The van der Waals surface area contributed by atoms with E-state index in [1.54, 1.807) is 19.1 Å². The van der Waals surface area contributed by atoms with Gasteiger partial charge in [-0.3, -0.25) is 14.9 Å². The SMILES string of the molecule is CCC(C)NC(=O)c1nn(-c2ccc(C)cc2)c(Oc2ccc([N+](=O)[O-])cc2S(=O)(=O)NC2CC2)c1C. The Morgan fingerprint density at radius 2 is 1.89 bits per heavy atom. The molecule has 0 saturated heterocycles. The van der Waals surface area contributed by atoms with Crippen LogP contribution in [0.25, 0.3) is 5.69 Å². The second-order valence-corrected chi connectivity index (χ2v) is 10.9. The molecule has 0 spiro atoms. The summed E-state index contributed by atoms with van der Waals surface area (Å²) in [7, 11) is -4.12. The van der Waals surface area contributed by atoms with Crippen molar-refractivity contribution in [1.29, 1.82) is 0 Å². The summed E-state index contributed by atoms with van der Waals surface area (Å²) in [6, 6.07) is 10.4. The van der Waals surface area contributed by atoms with Gasteiger partial charge in [-0.1, -0.05) is 24.6 Å². The van der Waals surface area contributed by atoms with Gasteiger partial charge in [0.2, 0.25) is 15.9 Å². The van der Waals surface area contributed by atoms with Gasteiger partial charge in [0.25, 0.3) is 11.6 Å². The van der Waals surface area contributed by atoms with E-state index in [0.29, 0.717) is 24.1 Å². The van der Waals surface area contributed by atoms with Crippen LogP contribution in [0.4, 0.5) is 5.69 Å². The molecule has 37 heavy (non-hydrogen) atoms. The van der Waals surface area contributed by atoms with Crippen LogP contribution in [0, 0.1) is 24.0 Å². The van der Waals surface area contributed by atoms with Crippen LogP contribution in [0.15, 0.2) is 47.4 Å². The highest BCUT2D eigenvalue weighted by Crippen LogP contribution is 2.36. The van der Waals surface area contributed by atoms with E-state index >= 15 is 0 Å². The molecule has 1 fully saturated rings. The van der Waals surface area contributed by atoms with E-state index in [1.165, 1.54) is 16.8 Å². The van der Waals surface area contributed by atoms with E-state index in [-0.39, 0.29) is 40.0 Å². The number of aromatic nitrogens is 2. The van der Waals surface area contributed by atoms with Gasteiger partial charge in [-0.25, -0.2) is 13.1 Å². The number of nitrogens with one attached hydrogen (secondary N) is 2. The molecule has 1 saturated carbocycles. The number of benzene rings is 2. The summed E-state index contributed by atoms with van der Waals surface area (Å²) in [6.45, 7) is 7.41. The Labute approximate surface area is 215 Å². The van der Waals surface area contributed by atoms with Crippen molar-refractivity contribution in [3.8, 4) is 17.3 Å². The maximum Gasteiger partial charge on any atom is 0.272 e. The fourth-order valence-electron chi connectivity index (χ4n) is 3.56. The van der Waals surface area contributed by atoms with Crippen molar-refractivity contribution in [3.63, 3.8) is 0 Å². The smallest absolute Gasteiger partial charge is 0.272 e. The van der Waals surface area contributed by atoms with Crippen molar-refractivity contribution in [2.45, 2.75) is 63.9 Å². The normalized spacial score (nSPS) is 14.3. The number of carbonyl (C=O) groups is 1. The summed E-state index contributed by atoms with van der Waals surface area (Å²) >= 11 is 0. The lowest BCUT2D eigenvalue weighted by Gasteiger charge is -2.14. The number of ether oxygens (including phenoxy) is 1. The number of aryl methyl sites for hydroxylation is 1. The first kappa shape index (κ1) is 26.3. The molecular weight excluding hydrogens is 498 g/mol. The van der Waals surface area contributed by atoms with Gasteiger partial charge in [0.05, 0.1) is 10.6 Å². The number of rotatable bonds is 10. The summed E-state index contributed by atoms with van der Waals surface area (Å²) in [5.74, 6) is -0.395. The minimum atomic E-state index is -4.12. The third kappa shape index (κ3) is 5.81. The molecule has 3 aromatic rings. The van der Waals surface area contributed by atoms with Crippen LogP contribution in [0.3, 0.4) is 0 Å². The van der Waals surface area contributed by atoms with Crippen molar-refractivity contribution in [1.82, 2.24) is 19.8 Å². The Kier molecular flexibility index (Phi) is 7.32. The highest BCUT2D eigenvalue weighted by atomic mass is 32.2. The molecule has 1 heterocycles. The molecular formula is C25H29N5O6S. The van der Waals surface area contributed by atoms with Gasteiger partial charge in [0.15, 0.2) is 5.69 Å². The van der Waals surface area contributed by atoms with Gasteiger partial charge in [-0.15, -0.1) is 0 Å². The van der Waals surface area contributed by atoms with E-state index in [2.05, 4.69) is 15.1 Å². The van der Waals surface area contributed by atoms with Gasteiger partial charge in [-0.2, -0.15) is 9.78 Å². The standard InChI is InChI=1S/C25H29N5O6S/c1-5-16(3)26-24(31)23-17(4)25(29(27-23)19-10-6-15(2)7-11-19)36-21-13-12-20(30(32)33)14-22(21)37(34,35)28-18-8-9-18/h6-7,10-14,16,18,28H,5,8-9H2,1-4H3,(H,26,31). The number of non-ortho nitro benzene ring substituents is 1. The first-order chi connectivity index (χ1) is 17.5. The largest absolute Gasteiger partial charge is 0.437 e. The molecule has 12 heteroatoms. The number of hydrogen-bond donors (Lipinski definition) is 2. The molecule has 2 N–H and O–H groups in total. The van der Waals surface area contributed by atoms with Crippen LogP contribution < -0.4 is 14.8 Å². The first-order valence-corrected chi connectivity index (χ1v) is 13.4. The minimum absolute atomic E-state index is 0.0827. The van der Waals surface area contributed by atoms with Gasteiger partial charge in [0, 0.05) is 29.8 Å². The fourth-order valence-corrected chi connectivity index (χ4v) is 5.02. The highest BCUT2D eigenvalue weighted by Gasteiger charge is 2.32. The van der Waals surface area contributed by atoms with Gasteiger partial charge < -0.3 is 10.1 Å². The van der Waals surface area contributed by atoms with E-state index in [1.807, 2.05) is 32.9 Å². The highest BCUT2D eigenvalue weighted by molar-refractivity contribution is 7.89. The Balaban J connectivity index is 1.84. The van der Waals surface area contributed by atoms with E-state index in [0.717, 1.165) is 18.1 Å². The lowest BCUT2D eigenvalue weighted by Crippen LogP contribution is -2.32. The van der Waals surface area contributed by atoms with Crippen LogP contribution in [0.2, 0.25) is 0 Å². The van der Waals surface area contributed by atoms with Gasteiger partial charge in [0.1, 0.15) is 10.6 Å². The number of hydrogen-bond acceptors (Lipinski definition) is 7. The van der Waals surface area contributed by atoms with E-state index in [9.17, 15) is 23.3 Å². The fraction of sp³-hybridized carbons (Fsp3) is 0.360. The topological polar surface area (TPSA) is 145 Å². The average Bonchev–Trinajstić information content (AvgIpc) is 3.60. The number of amides is 1. The quantitative estimate of drug-likeness (QED) is 0.297. The maximum atomic E-state index is 13.1. The minimum Gasteiger partial charge on any atom is -0.437 e. The Hall–Kier alpha value is -3.77. The molecule has 1 aliphatic rings. The molecule has 1 amide bonds. The number of nitrogens with zero attached hydrogens (tertiary/aromatic N) is 3. The molecule has 11 nitrogen and oxygen atoms in total. The monoisotopic (exact) mass is 527 g/mol. The first-order valence-electron chi connectivity index (χ1n) is 12.0. The van der Waals surface area contributed by atoms with Crippen molar-refractivity contribution in [2.75, 3.05) is 0 Å². The van der Waals surface area contributed by atoms with Crippen molar-refractivity contribution in [2.24, 2.45) is 0 Å². The molecule has 0 radical (unpaired) electrons. The molecule has 0 bridgehead atoms. The third-order valence-corrected chi connectivity index (χ3v) is 7.63. The molecule has 196 valence electrons. The summed E-state index contributed by atoms with van der Waals surface area (Å²) in [5, 5.41) is 18.8. The second kappa shape index (κ2) is 10.3. The van der Waals surface area contributed by atoms with Crippen molar-refractivity contribution >= 4 is 21.6 Å². The van der Waals surface area contributed by atoms with Crippen LogP contribution in [-0.4, -0.2) is 41.1 Å². The number of sulfonamides is 1. The molecule has 4 rings (SSSR count). The van der Waals surface area contributed by atoms with Crippen molar-refractivity contribution < 1.29 is 22.9 Å². The van der Waals surface area contributed by atoms with E-state index in [4.69, 9.17) is 4.74 Å². The Bertz CT molecular complexity index is 1440. The summed E-state index contributed by atoms with van der Waals surface area (Å²) in [5.41, 5.74) is 1.73. The van der Waals surface area contributed by atoms with Crippen LogP contribution in [0.1, 0.15) is 54.7 Å². The average molecular weight is 528 g/mol. The summed E-state index contributed by atoms with van der Waals surface area (Å²) in [6.07, 6.45) is 2.11. The van der Waals surface area contributed by atoms with Crippen molar-refractivity contribution in [3.05, 3.63) is 69.4 Å².